The highest BCUT2D eigenvalue weighted by Gasteiger charge is 1.98. The number of nitrogens with two attached hydrogens (primary N) is 1. The Morgan fingerprint density at radius 1 is 1.05 bits per heavy atom. The van der Waals surface area contributed by atoms with Gasteiger partial charge in [-0.15, -0.1) is 0 Å². The Morgan fingerprint density at radius 2 is 1.57 bits per heavy atom. The largest absolute Gasteiger partial charge is 0.497 e. The zero-order valence-corrected chi connectivity index (χ0v) is 11.4. The fourth-order valence-electron chi connectivity index (χ4n) is 1.57. The molecule has 2 amide bonds. The van der Waals surface area contributed by atoms with Gasteiger partial charge in [-0.2, -0.15) is 5.10 Å². The number of primary amides is 1. The number of methoxy groups -OCH3 is 1. The summed E-state index contributed by atoms with van der Waals surface area (Å²) in [6, 6.07) is 13.8. The molecule has 0 saturated carbocycles. The highest BCUT2D eigenvalue weighted by molar-refractivity contribution is 5.81. The summed E-state index contributed by atoms with van der Waals surface area (Å²) in [4.78, 5) is 10.5. The predicted molar refractivity (Wildman–Crippen MR) is 79.8 cm³/mol. The van der Waals surface area contributed by atoms with Gasteiger partial charge in [0.1, 0.15) is 17.2 Å². The third-order valence-electron chi connectivity index (χ3n) is 2.56. The molecule has 2 rings (SSSR count). The number of urea groups is 1. The lowest BCUT2D eigenvalue weighted by Crippen LogP contribution is -2.24. The second-order valence-corrected chi connectivity index (χ2v) is 4.08. The van der Waals surface area contributed by atoms with Crippen LogP contribution in [0.15, 0.2) is 53.6 Å². The van der Waals surface area contributed by atoms with Crippen molar-refractivity contribution in [2.75, 3.05) is 7.11 Å². The van der Waals surface area contributed by atoms with Crippen LogP contribution in [0.25, 0.3) is 0 Å². The third-order valence-corrected chi connectivity index (χ3v) is 2.56. The van der Waals surface area contributed by atoms with E-state index in [2.05, 4.69) is 10.5 Å². The van der Waals surface area contributed by atoms with Crippen LogP contribution in [0.4, 0.5) is 4.79 Å². The summed E-state index contributed by atoms with van der Waals surface area (Å²) in [5, 5.41) is 3.67. The van der Waals surface area contributed by atoms with Crippen molar-refractivity contribution in [3.05, 3.63) is 54.1 Å². The number of hydrogen-bond acceptors (Lipinski definition) is 4. The topological polar surface area (TPSA) is 85.9 Å². The molecular formula is C15H15N3O3. The molecule has 6 heteroatoms. The molecule has 108 valence electrons. The van der Waals surface area contributed by atoms with E-state index >= 15 is 0 Å². The van der Waals surface area contributed by atoms with Crippen molar-refractivity contribution in [3.8, 4) is 17.2 Å². The van der Waals surface area contributed by atoms with Crippen LogP contribution < -0.4 is 20.6 Å². The zero-order valence-electron chi connectivity index (χ0n) is 11.4. The normalized spacial score (nSPS) is 10.3. The lowest BCUT2D eigenvalue weighted by Gasteiger charge is -2.06. The number of benzene rings is 2. The van der Waals surface area contributed by atoms with Gasteiger partial charge in [0.05, 0.1) is 13.3 Å². The van der Waals surface area contributed by atoms with Gasteiger partial charge in [0.2, 0.25) is 0 Å². The first kappa shape index (κ1) is 14.4. The number of hydrogen-bond donors (Lipinski definition) is 2. The Labute approximate surface area is 122 Å². The van der Waals surface area contributed by atoms with Crippen molar-refractivity contribution in [3.63, 3.8) is 0 Å². The van der Waals surface area contributed by atoms with Crippen LogP contribution >= 0.6 is 0 Å². The second kappa shape index (κ2) is 6.95. The van der Waals surface area contributed by atoms with Crippen molar-refractivity contribution in [2.45, 2.75) is 0 Å². The number of carbonyl (C=O) groups is 1. The molecule has 0 radical (unpaired) electrons. The molecule has 0 aromatic heterocycles. The molecule has 0 heterocycles. The first-order valence-electron chi connectivity index (χ1n) is 6.18. The van der Waals surface area contributed by atoms with Crippen molar-refractivity contribution in [2.24, 2.45) is 10.8 Å². The summed E-state index contributed by atoms with van der Waals surface area (Å²) in [5.74, 6) is 2.18. The van der Waals surface area contributed by atoms with Crippen LogP contribution in [0, 0.1) is 0 Å². The monoisotopic (exact) mass is 285 g/mol. The number of hydrazone groups is 1. The molecule has 3 N–H and O–H groups in total. The van der Waals surface area contributed by atoms with Crippen LogP contribution in [-0.4, -0.2) is 19.4 Å². The van der Waals surface area contributed by atoms with Crippen LogP contribution in [0.1, 0.15) is 5.56 Å². The molecule has 6 nitrogen and oxygen atoms in total. The Morgan fingerprint density at radius 3 is 2.10 bits per heavy atom. The maximum absolute atomic E-state index is 10.5. The molecule has 2 aromatic rings. The van der Waals surface area contributed by atoms with Gasteiger partial charge in [0.15, 0.2) is 0 Å². The van der Waals surface area contributed by atoms with Gasteiger partial charge < -0.3 is 15.2 Å². The molecule has 0 fully saturated rings. The van der Waals surface area contributed by atoms with Crippen molar-refractivity contribution >= 4 is 12.2 Å². The first-order chi connectivity index (χ1) is 10.2. The third kappa shape index (κ3) is 4.54. The molecule has 0 spiro atoms. The average Bonchev–Trinajstić information content (AvgIpc) is 2.49. The summed E-state index contributed by atoms with van der Waals surface area (Å²) < 4.78 is 10.8. The molecular weight excluding hydrogens is 270 g/mol. The highest BCUT2D eigenvalue weighted by Crippen LogP contribution is 2.23. The lowest BCUT2D eigenvalue weighted by molar-refractivity contribution is 0.249. The molecule has 0 aliphatic heterocycles. The van der Waals surface area contributed by atoms with Crippen molar-refractivity contribution in [1.29, 1.82) is 0 Å². The number of amides is 2. The Bertz CT molecular complexity index is 622. The second-order valence-electron chi connectivity index (χ2n) is 4.08. The Kier molecular flexibility index (Phi) is 4.76. The molecule has 0 atom stereocenters. The van der Waals surface area contributed by atoms with Crippen molar-refractivity contribution in [1.82, 2.24) is 5.43 Å². The summed E-state index contributed by atoms with van der Waals surface area (Å²) in [6.07, 6.45) is 1.49. The zero-order chi connectivity index (χ0) is 15.1. The van der Waals surface area contributed by atoms with Crippen LogP contribution in [0.3, 0.4) is 0 Å². The van der Waals surface area contributed by atoms with E-state index in [1.165, 1.54) is 6.21 Å². The number of nitrogens with zero attached hydrogens (tertiary/aromatic N) is 1. The fraction of sp³-hybridized carbons (Fsp3) is 0.0667. The van der Waals surface area contributed by atoms with E-state index in [0.29, 0.717) is 11.5 Å². The summed E-state index contributed by atoms with van der Waals surface area (Å²) in [5.41, 5.74) is 7.83. The van der Waals surface area contributed by atoms with E-state index in [0.717, 1.165) is 11.3 Å². The number of rotatable bonds is 5. The van der Waals surface area contributed by atoms with Gasteiger partial charge in [-0.05, 0) is 54.1 Å². The molecule has 2 aromatic carbocycles. The maximum Gasteiger partial charge on any atom is 0.332 e. The quantitative estimate of drug-likeness (QED) is 0.653. The average molecular weight is 285 g/mol. The molecule has 0 aliphatic carbocycles. The van der Waals surface area contributed by atoms with E-state index in [4.69, 9.17) is 15.2 Å². The molecule has 0 unspecified atom stereocenters. The maximum atomic E-state index is 10.5. The predicted octanol–water partition coefficient (Wildman–Crippen LogP) is 2.49. The summed E-state index contributed by atoms with van der Waals surface area (Å²) in [6.45, 7) is 0. The smallest absolute Gasteiger partial charge is 0.332 e. The minimum absolute atomic E-state index is 0.695. The number of carbonyl (C=O) groups excluding carboxylic acids is 1. The van der Waals surface area contributed by atoms with Crippen molar-refractivity contribution < 1.29 is 14.3 Å². The first-order valence-corrected chi connectivity index (χ1v) is 6.18. The standard InChI is InChI=1S/C15H15N3O3/c1-20-12-6-8-14(9-7-12)21-13-4-2-11(3-5-13)10-17-18-15(16)19/h2-10H,1H3,(H3,16,18,19)/b17-10-. The van der Waals surface area contributed by atoms with Gasteiger partial charge in [-0.3, -0.25) is 0 Å². The minimum Gasteiger partial charge on any atom is -0.497 e. The Balaban J connectivity index is 1.98. The van der Waals surface area contributed by atoms with Gasteiger partial charge in [-0.25, -0.2) is 10.2 Å². The van der Waals surface area contributed by atoms with E-state index < -0.39 is 6.03 Å². The van der Waals surface area contributed by atoms with E-state index in [-0.39, 0.29) is 0 Å². The van der Waals surface area contributed by atoms with Crippen LogP contribution in [0.5, 0.6) is 17.2 Å². The number of nitrogens with one attached hydrogen (secondary N) is 1. The summed E-state index contributed by atoms with van der Waals surface area (Å²) in [7, 11) is 1.61. The number of ether oxygens (including phenoxy) is 2. The van der Waals surface area contributed by atoms with E-state index in [1.54, 1.807) is 19.2 Å². The SMILES string of the molecule is COc1ccc(Oc2ccc(/C=N\NC(N)=O)cc2)cc1. The lowest BCUT2D eigenvalue weighted by atomic mass is 10.2. The molecule has 21 heavy (non-hydrogen) atoms. The minimum atomic E-state index is -0.703. The van der Waals surface area contributed by atoms with E-state index in [9.17, 15) is 4.79 Å². The molecule has 0 bridgehead atoms. The molecule has 0 aliphatic rings. The van der Waals surface area contributed by atoms with Gasteiger partial charge in [0, 0.05) is 0 Å². The fourth-order valence-corrected chi connectivity index (χ4v) is 1.57. The van der Waals surface area contributed by atoms with Crippen LogP contribution in [-0.2, 0) is 0 Å². The Hall–Kier alpha value is -3.02. The molecule has 0 saturated heterocycles. The van der Waals surface area contributed by atoms with E-state index in [1.807, 2.05) is 36.4 Å². The van der Waals surface area contributed by atoms with Gasteiger partial charge in [0.25, 0.3) is 0 Å². The van der Waals surface area contributed by atoms with Gasteiger partial charge in [-0.1, -0.05) is 0 Å². The van der Waals surface area contributed by atoms with Crippen LogP contribution in [0.2, 0.25) is 0 Å². The van der Waals surface area contributed by atoms with Gasteiger partial charge >= 0.3 is 6.03 Å². The summed E-state index contributed by atoms with van der Waals surface area (Å²) >= 11 is 0. The highest BCUT2D eigenvalue weighted by atomic mass is 16.5.